The van der Waals surface area contributed by atoms with Crippen molar-refractivity contribution in [3.05, 3.63) is 0 Å². The maximum Gasteiger partial charge on any atom is 0.00749 e. The van der Waals surface area contributed by atoms with Crippen molar-refractivity contribution in [3.8, 4) is 0 Å². The molecular weight excluding hydrogens is 130 g/mol. The van der Waals surface area contributed by atoms with Gasteiger partial charge in [0, 0.05) is 11.3 Å². The summed E-state index contributed by atoms with van der Waals surface area (Å²) in [6.07, 6.45) is 6.37. The SMILES string of the molecule is CN[C@@H]1CC[C@H](SC)C1. The smallest absolute Gasteiger partial charge is 0.00749 e. The van der Waals surface area contributed by atoms with Crippen LogP contribution in [0.1, 0.15) is 19.3 Å². The number of hydrogen-bond acceptors (Lipinski definition) is 2. The lowest BCUT2D eigenvalue weighted by Gasteiger charge is -2.06. The van der Waals surface area contributed by atoms with Gasteiger partial charge in [-0.25, -0.2) is 0 Å². The van der Waals surface area contributed by atoms with E-state index in [-0.39, 0.29) is 0 Å². The van der Waals surface area contributed by atoms with Crippen LogP contribution in [0.3, 0.4) is 0 Å². The molecule has 0 amide bonds. The van der Waals surface area contributed by atoms with E-state index in [0.717, 1.165) is 11.3 Å². The fourth-order valence-corrected chi connectivity index (χ4v) is 2.21. The Kier molecular flexibility index (Phi) is 2.86. The third kappa shape index (κ3) is 1.87. The van der Waals surface area contributed by atoms with Crippen molar-refractivity contribution in [1.29, 1.82) is 0 Å². The summed E-state index contributed by atoms with van der Waals surface area (Å²) in [7, 11) is 2.06. The van der Waals surface area contributed by atoms with Crippen molar-refractivity contribution < 1.29 is 0 Å². The van der Waals surface area contributed by atoms with Gasteiger partial charge in [0.1, 0.15) is 0 Å². The monoisotopic (exact) mass is 145 g/mol. The first kappa shape index (κ1) is 7.42. The molecule has 2 atom stereocenters. The molecule has 1 rings (SSSR count). The first-order valence-corrected chi connectivity index (χ1v) is 4.85. The van der Waals surface area contributed by atoms with Crippen LogP contribution in [0.4, 0.5) is 0 Å². The summed E-state index contributed by atoms with van der Waals surface area (Å²) in [4.78, 5) is 0. The van der Waals surface area contributed by atoms with Crippen LogP contribution in [-0.2, 0) is 0 Å². The molecule has 0 aromatic carbocycles. The molecule has 1 N–H and O–H groups in total. The molecule has 1 nitrogen and oxygen atoms in total. The Morgan fingerprint density at radius 1 is 1.44 bits per heavy atom. The zero-order valence-electron chi connectivity index (χ0n) is 6.18. The highest BCUT2D eigenvalue weighted by Gasteiger charge is 2.21. The molecule has 0 aliphatic heterocycles. The lowest BCUT2D eigenvalue weighted by molar-refractivity contribution is 0.583. The Balaban J connectivity index is 2.20. The summed E-state index contributed by atoms with van der Waals surface area (Å²) in [5, 5.41) is 4.25. The number of thioether (sulfide) groups is 1. The molecule has 0 radical (unpaired) electrons. The van der Waals surface area contributed by atoms with Gasteiger partial charge < -0.3 is 5.32 Å². The van der Waals surface area contributed by atoms with Crippen LogP contribution in [-0.4, -0.2) is 24.6 Å². The van der Waals surface area contributed by atoms with E-state index in [9.17, 15) is 0 Å². The predicted molar refractivity (Wildman–Crippen MR) is 44.0 cm³/mol. The summed E-state index contributed by atoms with van der Waals surface area (Å²) < 4.78 is 0. The molecular formula is C7H15NS. The van der Waals surface area contributed by atoms with E-state index >= 15 is 0 Å². The minimum atomic E-state index is 0.808. The molecule has 0 heterocycles. The molecule has 0 saturated heterocycles. The van der Waals surface area contributed by atoms with Crippen molar-refractivity contribution >= 4 is 11.8 Å². The minimum Gasteiger partial charge on any atom is -0.317 e. The van der Waals surface area contributed by atoms with Crippen molar-refractivity contribution in [2.45, 2.75) is 30.6 Å². The summed E-state index contributed by atoms with van der Waals surface area (Å²) >= 11 is 2.01. The Labute approximate surface area is 61.6 Å². The molecule has 0 spiro atoms. The van der Waals surface area contributed by atoms with Gasteiger partial charge in [-0.15, -0.1) is 0 Å². The van der Waals surface area contributed by atoms with Gasteiger partial charge in [0.2, 0.25) is 0 Å². The van der Waals surface area contributed by atoms with Gasteiger partial charge in [0.15, 0.2) is 0 Å². The fourth-order valence-electron chi connectivity index (χ4n) is 1.42. The van der Waals surface area contributed by atoms with E-state index in [0.29, 0.717) is 0 Å². The third-order valence-electron chi connectivity index (χ3n) is 2.13. The van der Waals surface area contributed by atoms with E-state index in [1.807, 2.05) is 11.8 Å². The van der Waals surface area contributed by atoms with Crippen LogP contribution in [0.5, 0.6) is 0 Å². The Morgan fingerprint density at radius 3 is 2.56 bits per heavy atom. The Bertz CT molecular complexity index is 75.0. The summed E-state index contributed by atoms with van der Waals surface area (Å²) in [5.74, 6) is 0. The normalized spacial score (nSPS) is 35.3. The molecule has 1 aliphatic carbocycles. The number of nitrogens with one attached hydrogen (secondary N) is 1. The molecule has 2 heteroatoms. The lowest BCUT2D eigenvalue weighted by Crippen LogP contribution is -2.21. The van der Waals surface area contributed by atoms with E-state index in [4.69, 9.17) is 0 Å². The third-order valence-corrected chi connectivity index (χ3v) is 3.22. The largest absolute Gasteiger partial charge is 0.317 e. The quantitative estimate of drug-likeness (QED) is 0.632. The minimum absolute atomic E-state index is 0.808. The second-order valence-electron chi connectivity index (χ2n) is 2.66. The molecule has 1 fully saturated rings. The lowest BCUT2D eigenvalue weighted by atomic mass is 10.3. The molecule has 1 aliphatic rings. The average molecular weight is 145 g/mol. The summed E-state index contributed by atoms with van der Waals surface area (Å²) in [5.41, 5.74) is 0. The molecule has 0 unspecified atom stereocenters. The highest BCUT2D eigenvalue weighted by atomic mass is 32.2. The Hall–Kier alpha value is 0.310. The van der Waals surface area contributed by atoms with Gasteiger partial charge in [-0.3, -0.25) is 0 Å². The van der Waals surface area contributed by atoms with Crippen LogP contribution < -0.4 is 5.32 Å². The van der Waals surface area contributed by atoms with Gasteiger partial charge in [-0.1, -0.05) is 0 Å². The maximum atomic E-state index is 3.31. The second kappa shape index (κ2) is 3.47. The predicted octanol–water partition coefficient (Wildman–Crippen LogP) is 1.49. The zero-order valence-corrected chi connectivity index (χ0v) is 7.00. The van der Waals surface area contributed by atoms with Crippen molar-refractivity contribution in [1.82, 2.24) is 5.32 Å². The van der Waals surface area contributed by atoms with Crippen LogP contribution >= 0.6 is 11.8 Å². The van der Waals surface area contributed by atoms with Crippen molar-refractivity contribution in [3.63, 3.8) is 0 Å². The van der Waals surface area contributed by atoms with Crippen LogP contribution in [0.2, 0.25) is 0 Å². The molecule has 54 valence electrons. The highest BCUT2D eigenvalue weighted by molar-refractivity contribution is 7.99. The van der Waals surface area contributed by atoms with E-state index in [2.05, 4.69) is 18.6 Å². The maximum absolute atomic E-state index is 3.31. The second-order valence-corrected chi connectivity index (χ2v) is 3.79. The zero-order chi connectivity index (χ0) is 6.69. The van der Waals surface area contributed by atoms with Crippen molar-refractivity contribution in [2.24, 2.45) is 0 Å². The number of hydrogen-bond donors (Lipinski definition) is 1. The van der Waals surface area contributed by atoms with Gasteiger partial charge >= 0.3 is 0 Å². The molecule has 1 saturated carbocycles. The average Bonchev–Trinajstić information content (AvgIpc) is 2.34. The first-order chi connectivity index (χ1) is 4.36. The summed E-state index contributed by atoms with van der Waals surface area (Å²) in [6.45, 7) is 0. The highest BCUT2D eigenvalue weighted by Crippen LogP contribution is 2.27. The van der Waals surface area contributed by atoms with Gasteiger partial charge in [-0.2, -0.15) is 11.8 Å². The summed E-state index contributed by atoms with van der Waals surface area (Å²) in [6, 6.07) is 0.808. The Morgan fingerprint density at radius 2 is 2.22 bits per heavy atom. The van der Waals surface area contributed by atoms with Crippen LogP contribution in [0.25, 0.3) is 0 Å². The van der Waals surface area contributed by atoms with E-state index < -0.39 is 0 Å². The number of rotatable bonds is 2. The molecule has 0 aromatic rings. The molecule has 9 heavy (non-hydrogen) atoms. The molecule has 0 bridgehead atoms. The molecule has 0 aromatic heterocycles. The van der Waals surface area contributed by atoms with E-state index in [1.54, 1.807) is 0 Å². The van der Waals surface area contributed by atoms with Gasteiger partial charge in [0.05, 0.1) is 0 Å². The van der Waals surface area contributed by atoms with Crippen LogP contribution in [0, 0.1) is 0 Å². The first-order valence-electron chi connectivity index (χ1n) is 3.57. The van der Waals surface area contributed by atoms with Gasteiger partial charge in [-0.05, 0) is 32.6 Å². The van der Waals surface area contributed by atoms with Gasteiger partial charge in [0.25, 0.3) is 0 Å². The van der Waals surface area contributed by atoms with E-state index in [1.165, 1.54) is 19.3 Å². The standard InChI is InChI=1S/C7H15NS/c1-8-6-3-4-7(5-6)9-2/h6-8H,3-5H2,1-2H3/t6-,7+/m1/s1. The van der Waals surface area contributed by atoms with Crippen LogP contribution in [0.15, 0.2) is 0 Å². The van der Waals surface area contributed by atoms with Crippen molar-refractivity contribution in [2.75, 3.05) is 13.3 Å². The topological polar surface area (TPSA) is 12.0 Å². The fraction of sp³-hybridized carbons (Fsp3) is 1.00.